The Hall–Kier alpha value is -1.88. The normalized spacial score (nSPS) is 10.4. The van der Waals surface area contributed by atoms with Gasteiger partial charge in [-0.05, 0) is 28.8 Å². The van der Waals surface area contributed by atoms with Crippen LogP contribution in [0.3, 0.4) is 0 Å². The van der Waals surface area contributed by atoms with Crippen molar-refractivity contribution in [3.05, 3.63) is 70.2 Å². The number of carbonyl (C=O) groups is 1. The van der Waals surface area contributed by atoms with Crippen molar-refractivity contribution >= 4 is 17.5 Å². The van der Waals surface area contributed by atoms with Crippen LogP contribution in [-0.2, 0) is 29.2 Å². The van der Waals surface area contributed by atoms with E-state index in [1.165, 1.54) is 0 Å². The maximum absolute atomic E-state index is 11.4. The number of halogens is 1. The second-order valence-corrected chi connectivity index (χ2v) is 5.07. The predicted molar refractivity (Wildman–Crippen MR) is 82.4 cm³/mol. The third kappa shape index (κ3) is 4.86. The number of benzene rings is 2. The standard InChI is InChI=1S/C16H17ClN2O2/c17-15-7-5-12(6-8-15)10-21-11-14-4-2-1-3-13(14)9-16(20)19-18/h1-8H,9-11,18H2,(H,19,20). The van der Waals surface area contributed by atoms with Crippen LogP contribution in [0.4, 0.5) is 0 Å². The average molecular weight is 305 g/mol. The van der Waals surface area contributed by atoms with Gasteiger partial charge in [0, 0.05) is 5.02 Å². The molecule has 0 heterocycles. The number of ether oxygens (including phenoxy) is 1. The Kier molecular flexibility index (Phi) is 5.75. The summed E-state index contributed by atoms with van der Waals surface area (Å²) in [6, 6.07) is 15.2. The van der Waals surface area contributed by atoms with Gasteiger partial charge in [0.15, 0.2) is 0 Å². The van der Waals surface area contributed by atoms with E-state index in [1.807, 2.05) is 48.5 Å². The fourth-order valence-corrected chi connectivity index (χ4v) is 2.08. The van der Waals surface area contributed by atoms with E-state index in [1.54, 1.807) is 0 Å². The van der Waals surface area contributed by atoms with E-state index in [9.17, 15) is 4.79 Å². The molecule has 3 N–H and O–H groups in total. The van der Waals surface area contributed by atoms with Gasteiger partial charge >= 0.3 is 0 Å². The molecular formula is C16H17ClN2O2. The molecule has 0 bridgehead atoms. The second kappa shape index (κ2) is 7.78. The van der Waals surface area contributed by atoms with Crippen molar-refractivity contribution in [2.75, 3.05) is 0 Å². The number of hydrogen-bond donors (Lipinski definition) is 2. The first-order chi connectivity index (χ1) is 10.2. The Morgan fingerprint density at radius 1 is 1.05 bits per heavy atom. The molecule has 0 aliphatic rings. The van der Waals surface area contributed by atoms with Crippen molar-refractivity contribution in [1.29, 1.82) is 0 Å². The molecule has 0 atom stereocenters. The Morgan fingerprint density at radius 3 is 2.38 bits per heavy atom. The van der Waals surface area contributed by atoms with Crippen LogP contribution in [-0.4, -0.2) is 5.91 Å². The molecule has 2 rings (SSSR count). The molecule has 1 amide bonds. The third-order valence-electron chi connectivity index (χ3n) is 3.07. The summed E-state index contributed by atoms with van der Waals surface area (Å²) >= 11 is 5.84. The zero-order valence-corrected chi connectivity index (χ0v) is 12.3. The summed E-state index contributed by atoms with van der Waals surface area (Å²) in [7, 11) is 0. The van der Waals surface area contributed by atoms with Gasteiger partial charge in [-0.1, -0.05) is 48.0 Å². The minimum atomic E-state index is -0.222. The van der Waals surface area contributed by atoms with Crippen LogP contribution in [0.15, 0.2) is 48.5 Å². The molecule has 2 aromatic carbocycles. The van der Waals surface area contributed by atoms with Crippen LogP contribution in [0.25, 0.3) is 0 Å². The lowest BCUT2D eigenvalue weighted by Gasteiger charge is -2.10. The van der Waals surface area contributed by atoms with Crippen molar-refractivity contribution in [1.82, 2.24) is 5.43 Å². The number of hydrogen-bond acceptors (Lipinski definition) is 3. The predicted octanol–water partition coefficient (Wildman–Crippen LogP) is 2.59. The Morgan fingerprint density at radius 2 is 1.71 bits per heavy atom. The molecule has 0 saturated carbocycles. The Bertz CT molecular complexity index is 599. The summed E-state index contributed by atoms with van der Waals surface area (Å²) in [5.74, 6) is 4.89. The number of rotatable bonds is 6. The smallest absolute Gasteiger partial charge is 0.238 e. The van der Waals surface area contributed by atoms with Crippen molar-refractivity contribution < 1.29 is 9.53 Å². The number of hydrazine groups is 1. The van der Waals surface area contributed by atoms with E-state index in [0.717, 1.165) is 16.7 Å². The van der Waals surface area contributed by atoms with Gasteiger partial charge in [0.1, 0.15) is 0 Å². The Balaban J connectivity index is 1.93. The first-order valence-electron chi connectivity index (χ1n) is 6.57. The minimum absolute atomic E-state index is 0.222. The van der Waals surface area contributed by atoms with Crippen molar-refractivity contribution in [3.8, 4) is 0 Å². The molecule has 0 aromatic heterocycles. The summed E-state index contributed by atoms with van der Waals surface area (Å²) in [4.78, 5) is 11.4. The van der Waals surface area contributed by atoms with Crippen molar-refractivity contribution in [2.45, 2.75) is 19.6 Å². The molecule has 0 unspecified atom stereocenters. The lowest BCUT2D eigenvalue weighted by atomic mass is 10.1. The van der Waals surface area contributed by atoms with E-state index in [4.69, 9.17) is 22.2 Å². The van der Waals surface area contributed by atoms with Crippen LogP contribution in [0, 0.1) is 0 Å². The van der Waals surface area contributed by atoms with Gasteiger partial charge in [0.05, 0.1) is 19.6 Å². The summed E-state index contributed by atoms with van der Waals surface area (Å²) in [6.07, 6.45) is 0.247. The minimum Gasteiger partial charge on any atom is -0.372 e. The SMILES string of the molecule is NNC(=O)Cc1ccccc1COCc1ccc(Cl)cc1. The van der Waals surface area contributed by atoms with E-state index >= 15 is 0 Å². The van der Waals surface area contributed by atoms with Crippen LogP contribution < -0.4 is 11.3 Å². The lowest BCUT2D eigenvalue weighted by molar-refractivity contribution is -0.120. The van der Waals surface area contributed by atoms with Crippen molar-refractivity contribution in [3.63, 3.8) is 0 Å². The highest BCUT2D eigenvalue weighted by Crippen LogP contribution is 2.14. The molecule has 5 heteroatoms. The van der Waals surface area contributed by atoms with Gasteiger partial charge in [-0.15, -0.1) is 0 Å². The van der Waals surface area contributed by atoms with Gasteiger partial charge in [-0.3, -0.25) is 10.2 Å². The average Bonchev–Trinajstić information content (AvgIpc) is 2.51. The summed E-state index contributed by atoms with van der Waals surface area (Å²) in [5.41, 5.74) is 5.08. The number of nitrogens with two attached hydrogens (primary N) is 1. The summed E-state index contributed by atoms with van der Waals surface area (Å²) in [5, 5.41) is 0.705. The molecule has 0 fully saturated rings. The molecule has 0 saturated heterocycles. The van der Waals surface area contributed by atoms with Crippen LogP contribution in [0.5, 0.6) is 0 Å². The first kappa shape index (κ1) is 15.5. The maximum atomic E-state index is 11.4. The monoisotopic (exact) mass is 304 g/mol. The van der Waals surface area contributed by atoms with Gasteiger partial charge in [0.2, 0.25) is 5.91 Å². The van der Waals surface area contributed by atoms with Gasteiger partial charge in [0.25, 0.3) is 0 Å². The van der Waals surface area contributed by atoms with Gasteiger partial charge < -0.3 is 4.74 Å². The highest BCUT2D eigenvalue weighted by atomic mass is 35.5. The molecule has 21 heavy (non-hydrogen) atoms. The second-order valence-electron chi connectivity index (χ2n) is 4.63. The number of carbonyl (C=O) groups excluding carboxylic acids is 1. The zero-order valence-electron chi connectivity index (χ0n) is 11.5. The molecule has 0 aliphatic heterocycles. The van der Waals surface area contributed by atoms with Gasteiger partial charge in [-0.2, -0.15) is 0 Å². The number of nitrogens with one attached hydrogen (secondary N) is 1. The molecule has 0 aliphatic carbocycles. The quantitative estimate of drug-likeness (QED) is 0.490. The molecule has 4 nitrogen and oxygen atoms in total. The summed E-state index contributed by atoms with van der Waals surface area (Å²) < 4.78 is 5.70. The Labute approximate surface area is 128 Å². The fraction of sp³-hybridized carbons (Fsp3) is 0.188. The molecule has 2 aromatic rings. The number of amides is 1. The molecule has 110 valence electrons. The van der Waals surface area contributed by atoms with Crippen LogP contribution >= 0.6 is 11.6 Å². The van der Waals surface area contributed by atoms with Gasteiger partial charge in [-0.25, -0.2) is 5.84 Å². The van der Waals surface area contributed by atoms with Crippen LogP contribution in [0.1, 0.15) is 16.7 Å². The molecular weight excluding hydrogens is 288 g/mol. The summed E-state index contributed by atoms with van der Waals surface area (Å²) in [6.45, 7) is 0.936. The maximum Gasteiger partial charge on any atom is 0.238 e. The lowest BCUT2D eigenvalue weighted by Crippen LogP contribution is -2.31. The van der Waals surface area contributed by atoms with E-state index in [0.29, 0.717) is 18.2 Å². The zero-order chi connectivity index (χ0) is 15.1. The van der Waals surface area contributed by atoms with Crippen LogP contribution in [0.2, 0.25) is 5.02 Å². The third-order valence-corrected chi connectivity index (χ3v) is 3.32. The fourth-order valence-electron chi connectivity index (χ4n) is 1.95. The molecule has 0 spiro atoms. The first-order valence-corrected chi connectivity index (χ1v) is 6.95. The largest absolute Gasteiger partial charge is 0.372 e. The van der Waals surface area contributed by atoms with E-state index in [2.05, 4.69) is 5.43 Å². The van der Waals surface area contributed by atoms with Crippen molar-refractivity contribution in [2.24, 2.45) is 5.84 Å². The molecule has 0 radical (unpaired) electrons. The van der Waals surface area contributed by atoms with E-state index in [-0.39, 0.29) is 12.3 Å². The highest BCUT2D eigenvalue weighted by Gasteiger charge is 2.06. The highest BCUT2D eigenvalue weighted by molar-refractivity contribution is 6.30. The topological polar surface area (TPSA) is 64.3 Å². The van der Waals surface area contributed by atoms with E-state index < -0.39 is 0 Å².